The van der Waals surface area contributed by atoms with E-state index in [1.807, 2.05) is 30.0 Å². The molecule has 0 unspecified atom stereocenters. The first-order chi connectivity index (χ1) is 10.2. The molecule has 1 aliphatic heterocycles. The zero-order valence-corrected chi connectivity index (χ0v) is 13.7. The van der Waals surface area contributed by atoms with Crippen molar-refractivity contribution in [2.45, 2.75) is 24.0 Å². The van der Waals surface area contributed by atoms with Gasteiger partial charge in [0.15, 0.2) is 5.16 Å². The van der Waals surface area contributed by atoms with Gasteiger partial charge in [0, 0.05) is 6.04 Å². The average Bonchev–Trinajstić information content (AvgIpc) is 2.86. The van der Waals surface area contributed by atoms with Crippen molar-refractivity contribution in [2.75, 3.05) is 17.3 Å². The third-order valence-electron chi connectivity index (χ3n) is 3.52. The van der Waals surface area contributed by atoms with Gasteiger partial charge in [0.05, 0.1) is 16.3 Å². The van der Waals surface area contributed by atoms with Gasteiger partial charge in [-0.15, -0.1) is 0 Å². The van der Waals surface area contributed by atoms with Crippen LogP contribution in [0, 0.1) is 0 Å². The van der Waals surface area contributed by atoms with Crippen LogP contribution in [0.1, 0.15) is 18.9 Å². The summed E-state index contributed by atoms with van der Waals surface area (Å²) >= 11 is 9.48. The van der Waals surface area contributed by atoms with Crippen molar-refractivity contribution in [2.24, 2.45) is 0 Å². The van der Waals surface area contributed by atoms with Gasteiger partial charge in [0.2, 0.25) is 0 Å². The van der Waals surface area contributed by atoms with Crippen LogP contribution in [0.5, 0.6) is 0 Å². The number of carboxylic acids is 1. The molecule has 0 atom stereocenters. The summed E-state index contributed by atoms with van der Waals surface area (Å²) in [7, 11) is 0. The minimum absolute atomic E-state index is 0.0163. The van der Waals surface area contributed by atoms with Gasteiger partial charge in [0.25, 0.3) is 0 Å². The molecular formula is C14H15ClN2O2S2. The maximum atomic E-state index is 10.9. The Morgan fingerprint density at radius 1 is 1.48 bits per heavy atom. The van der Waals surface area contributed by atoms with Gasteiger partial charge in [0.1, 0.15) is 5.52 Å². The smallest absolute Gasteiger partial charge is 0.313 e. The number of hydrogen-bond donors (Lipinski definition) is 1. The molecule has 1 N–H and O–H groups in total. The van der Waals surface area contributed by atoms with Crippen molar-refractivity contribution < 1.29 is 9.90 Å². The number of aromatic nitrogens is 2. The highest BCUT2D eigenvalue weighted by atomic mass is 35.5. The first-order valence-electron chi connectivity index (χ1n) is 6.75. The number of hydrogen-bond acceptors (Lipinski definition) is 4. The summed E-state index contributed by atoms with van der Waals surface area (Å²) < 4.78 is 2.19. The lowest BCUT2D eigenvalue weighted by molar-refractivity contribution is -0.133. The molecule has 112 valence electrons. The van der Waals surface area contributed by atoms with Gasteiger partial charge in [-0.05, 0) is 36.5 Å². The zero-order chi connectivity index (χ0) is 14.8. The number of thioether (sulfide) groups is 2. The number of imidazole rings is 1. The number of rotatable bonds is 4. The quantitative estimate of drug-likeness (QED) is 0.853. The van der Waals surface area contributed by atoms with E-state index in [0.29, 0.717) is 11.1 Å². The summed E-state index contributed by atoms with van der Waals surface area (Å²) in [5.74, 6) is 1.45. The molecule has 2 heterocycles. The van der Waals surface area contributed by atoms with Gasteiger partial charge < -0.3 is 9.67 Å². The van der Waals surface area contributed by atoms with Crippen molar-refractivity contribution in [3.63, 3.8) is 0 Å². The molecule has 0 aliphatic carbocycles. The first-order valence-corrected chi connectivity index (χ1v) is 9.27. The maximum Gasteiger partial charge on any atom is 0.313 e. The summed E-state index contributed by atoms with van der Waals surface area (Å²) in [6, 6.07) is 6.14. The second-order valence-electron chi connectivity index (χ2n) is 4.90. The Morgan fingerprint density at radius 3 is 2.95 bits per heavy atom. The number of para-hydroxylation sites is 1. The van der Waals surface area contributed by atoms with Gasteiger partial charge in [-0.25, -0.2) is 4.98 Å². The fraction of sp³-hybridized carbons (Fsp3) is 0.429. The topological polar surface area (TPSA) is 55.1 Å². The van der Waals surface area contributed by atoms with Crippen molar-refractivity contribution >= 4 is 52.1 Å². The molecule has 1 aromatic carbocycles. The molecule has 1 saturated heterocycles. The molecule has 0 radical (unpaired) electrons. The fourth-order valence-corrected chi connectivity index (χ4v) is 4.67. The Hall–Kier alpha value is -0.850. The van der Waals surface area contributed by atoms with E-state index < -0.39 is 5.97 Å². The van der Waals surface area contributed by atoms with Crippen molar-refractivity contribution in [3.05, 3.63) is 23.2 Å². The highest BCUT2D eigenvalue weighted by molar-refractivity contribution is 7.99. The predicted octanol–water partition coefficient (Wildman–Crippen LogP) is 3.93. The van der Waals surface area contributed by atoms with Gasteiger partial charge in [-0.2, -0.15) is 11.8 Å². The highest BCUT2D eigenvalue weighted by Crippen LogP contribution is 2.36. The number of nitrogens with zero attached hydrogens (tertiary/aromatic N) is 2. The summed E-state index contributed by atoms with van der Waals surface area (Å²) in [6.07, 6.45) is 2.17. The van der Waals surface area contributed by atoms with Crippen molar-refractivity contribution in [3.8, 4) is 0 Å². The van der Waals surface area contributed by atoms with E-state index in [9.17, 15) is 4.79 Å². The lowest BCUT2D eigenvalue weighted by atomic mass is 10.1. The first kappa shape index (κ1) is 15.1. The molecule has 4 nitrogen and oxygen atoms in total. The van der Waals surface area contributed by atoms with Crippen molar-refractivity contribution in [1.29, 1.82) is 0 Å². The van der Waals surface area contributed by atoms with Gasteiger partial charge in [-0.1, -0.05) is 29.4 Å². The molecule has 0 saturated carbocycles. The van der Waals surface area contributed by atoms with E-state index in [1.165, 1.54) is 11.8 Å². The number of halogens is 1. The third-order valence-corrected chi connectivity index (χ3v) is 5.81. The van der Waals surface area contributed by atoms with Gasteiger partial charge in [-0.3, -0.25) is 4.79 Å². The molecule has 21 heavy (non-hydrogen) atoms. The van der Waals surface area contributed by atoms with Crippen LogP contribution in [-0.4, -0.2) is 37.9 Å². The molecule has 3 rings (SSSR count). The van der Waals surface area contributed by atoms with E-state index in [4.69, 9.17) is 16.7 Å². The largest absolute Gasteiger partial charge is 0.481 e. The minimum atomic E-state index is -0.830. The Morgan fingerprint density at radius 2 is 2.24 bits per heavy atom. The SMILES string of the molecule is O=C(O)CSc1nc2c(Cl)cccc2n1C1CCSCC1. The molecular weight excluding hydrogens is 328 g/mol. The summed E-state index contributed by atoms with van der Waals surface area (Å²) in [5, 5.41) is 10.3. The number of carboxylic acid groups (broad SMARTS) is 1. The highest BCUT2D eigenvalue weighted by Gasteiger charge is 2.23. The van der Waals surface area contributed by atoms with Crippen LogP contribution in [0.3, 0.4) is 0 Å². The average molecular weight is 343 g/mol. The molecule has 0 amide bonds. The van der Waals surface area contributed by atoms with Crippen molar-refractivity contribution in [1.82, 2.24) is 9.55 Å². The molecule has 1 fully saturated rings. The van der Waals surface area contributed by atoms with E-state index >= 15 is 0 Å². The molecule has 2 aromatic rings. The number of benzene rings is 1. The summed E-state index contributed by atoms with van der Waals surface area (Å²) in [5.41, 5.74) is 1.78. The molecule has 0 bridgehead atoms. The second-order valence-corrected chi connectivity index (χ2v) is 7.47. The van der Waals surface area contributed by atoms with E-state index in [0.717, 1.165) is 40.5 Å². The monoisotopic (exact) mass is 342 g/mol. The Balaban J connectivity index is 2.06. The van der Waals surface area contributed by atoms with Crippen LogP contribution in [0.25, 0.3) is 11.0 Å². The molecule has 1 aromatic heterocycles. The second kappa shape index (κ2) is 6.50. The normalized spacial score (nSPS) is 16.4. The van der Waals surface area contributed by atoms with Gasteiger partial charge >= 0.3 is 5.97 Å². The maximum absolute atomic E-state index is 10.9. The zero-order valence-electron chi connectivity index (χ0n) is 11.3. The van der Waals surface area contributed by atoms with Crippen LogP contribution < -0.4 is 0 Å². The Bertz CT molecular complexity index is 668. The molecule has 0 spiro atoms. The van der Waals surface area contributed by atoms with Crippen LogP contribution >= 0.6 is 35.1 Å². The van der Waals surface area contributed by atoms with E-state index in [2.05, 4.69) is 9.55 Å². The predicted molar refractivity (Wildman–Crippen MR) is 88.7 cm³/mol. The van der Waals surface area contributed by atoms with Crippen LogP contribution in [-0.2, 0) is 4.79 Å². The molecule has 1 aliphatic rings. The van der Waals surface area contributed by atoms with Crippen LogP contribution in [0.15, 0.2) is 23.4 Å². The standard InChI is InChI=1S/C14H15ClN2O2S2/c15-10-2-1-3-11-13(10)16-14(21-8-12(18)19)17(11)9-4-6-20-7-5-9/h1-3,9H,4-8H2,(H,18,19). The van der Waals surface area contributed by atoms with E-state index in [-0.39, 0.29) is 5.75 Å². The van der Waals surface area contributed by atoms with E-state index in [1.54, 1.807) is 0 Å². The number of carbonyl (C=O) groups is 1. The minimum Gasteiger partial charge on any atom is -0.481 e. The number of fused-ring (bicyclic) bond motifs is 1. The van der Waals surface area contributed by atoms with Crippen LogP contribution in [0.2, 0.25) is 5.02 Å². The third kappa shape index (κ3) is 3.17. The Kier molecular flexibility index (Phi) is 4.66. The Labute approximate surface area is 136 Å². The molecule has 7 heteroatoms. The fourth-order valence-electron chi connectivity index (χ4n) is 2.59. The lowest BCUT2D eigenvalue weighted by Crippen LogP contribution is -2.16. The number of aliphatic carboxylic acids is 1. The summed E-state index contributed by atoms with van der Waals surface area (Å²) in [6.45, 7) is 0. The lowest BCUT2D eigenvalue weighted by Gasteiger charge is -2.25. The summed E-state index contributed by atoms with van der Waals surface area (Å²) in [4.78, 5) is 15.4. The van der Waals surface area contributed by atoms with Crippen LogP contribution in [0.4, 0.5) is 0 Å².